The number of nitrogens with one attached hydrogen (secondary N) is 1. The molecule has 6 rings (SSSR count). The molecule has 32 heavy (non-hydrogen) atoms. The van der Waals surface area contributed by atoms with Crippen molar-refractivity contribution in [1.82, 2.24) is 34.6 Å². The molecule has 8 heteroatoms. The van der Waals surface area contributed by atoms with E-state index in [1.54, 1.807) is 17.1 Å². The number of hydrogen-bond donors (Lipinski definition) is 2. The lowest BCUT2D eigenvalue weighted by molar-refractivity contribution is 0.590. The van der Waals surface area contributed by atoms with Gasteiger partial charge in [-0.1, -0.05) is 6.07 Å². The quantitative estimate of drug-likeness (QED) is 0.460. The van der Waals surface area contributed by atoms with E-state index in [1.165, 1.54) is 11.1 Å². The summed E-state index contributed by atoms with van der Waals surface area (Å²) in [6.07, 6.45) is 7.45. The van der Waals surface area contributed by atoms with Crippen LogP contribution in [0.5, 0.6) is 0 Å². The average molecular weight is 422 g/mol. The first-order valence-corrected chi connectivity index (χ1v) is 10.6. The van der Waals surface area contributed by atoms with Crippen LogP contribution in [0.1, 0.15) is 23.6 Å². The summed E-state index contributed by atoms with van der Waals surface area (Å²) in [6.45, 7) is 0. The van der Waals surface area contributed by atoms with Crippen molar-refractivity contribution in [2.24, 2.45) is 0 Å². The van der Waals surface area contributed by atoms with Crippen molar-refractivity contribution in [3.63, 3.8) is 0 Å². The lowest BCUT2D eigenvalue weighted by atomic mass is 10.1. The Hall–Kier alpha value is -4.04. The molecule has 1 aliphatic rings. The lowest BCUT2D eigenvalue weighted by Gasteiger charge is -2.14. The normalized spacial score (nSPS) is 15.3. The van der Waals surface area contributed by atoms with E-state index in [2.05, 4.69) is 38.2 Å². The van der Waals surface area contributed by atoms with E-state index in [0.29, 0.717) is 11.9 Å². The summed E-state index contributed by atoms with van der Waals surface area (Å²) in [7, 11) is 2.01. The molecule has 4 aromatic heterocycles. The second-order valence-electron chi connectivity index (χ2n) is 7.93. The molecular formula is C24H22N8. The van der Waals surface area contributed by atoms with Crippen molar-refractivity contribution < 1.29 is 0 Å². The number of rotatable bonds is 4. The molecule has 1 aromatic carbocycles. The number of pyridine rings is 2. The zero-order valence-electron chi connectivity index (χ0n) is 17.6. The predicted molar refractivity (Wildman–Crippen MR) is 124 cm³/mol. The summed E-state index contributed by atoms with van der Waals surface area (Å²) < 4.78 is 3.82. The van der Waals surface area contributed by atoms with Crippen LogP contribution in [-0.4, -0.2) is 36.3 Å². The monoisotopic (exact) mass is 422 g/mol. The maximum absolute atomic E-state index is 6.25. The third-order valence-electron chi connectivity index (χ3n) is 6.12. The van der Waals surface area contributed by atoms with Gasteiger partial charge >= 0.3 is 0 Å². The zero-order valence-corrected chi connectivity index (χ0v) is 17.6. The van der Waals surface area contributed by atoms with Crippen LogP contribution in [0.4, 0.5) is 5.82 Å². The van der Waals surface area contributed by atoms with Crippen LogP contribution >= 0.6 is 0 Å². The molecule has 0 spiro atoms. The fraction of sp³-hybridized carbons (Fsp3) is 0.167. The Bertz CT molecular complexity index is 1430. The molecule has 1 atom stereocenters. The first-order valence-electron chi connectivity index (χ1n) is 10.6. The van der Waals surface area contributed by atoms with Crippen LogP contribution in [0.3, 0.4) is 0 Å². The minimum Gasteiger partial charge on any atom is -0.383 e. The summed E-state index contributed by atoms with van der Waals surface area (Å²) in [5.74, 6) is 1.89. The van der Waals surface area contributed by atoms with Crippen molar-refractivity contribution in [2.75, 3.05) is 12.8 Å². The summed E-state index contributed by atoms with van der Waals surface area (Å²) in [5.41, 5.74) is 12.3. The Morgan fingerprint density at radius 1 is 1.06 bits per heavy atom. The molecular weight excluding hydrogens is 400 g/mol. The van der Waals surface area contributed by atoms with Crippen LogP contribution in [0.25, 0.3) is 34.1 Å². The van der Waals surface area contributed by atoms with E-state index in [-0.39, 0.29) is 0 Å². The molecule has 0 amide bonds. The van der Waals surface area contributed by atoms with Crippen LogP contribution in [0, 0.1) is 0 Å². The fourth-order valence-electron chi connectivity index (χ4n) is 4.55. The summed E-state index contributed by atoms with van der Waals surface area (Å²) >= 11 is 0. The first kappa shape index (κ1) is 18.7. The molecule has 1 aliphatic carbocycles. The topological polar surface area (TPSA) is 99.5 Å². The second kappa shape index (κ2) is 7.28. The van der Waals surface area contributed by atoms with Crippen molar-refractivity contribution in [2.45, 2.75) is 18.9 Å². The second-order valence-corrected chi connectivity index (χ2v) is 7.93. The Morgan fingerprint density at radius 3 is 2.81 bits per heavy atom. The van der Waals surface area contributed by atoms with Gasteiger partial charge in [0.2, 0.25) is 0 Å². The molecule has 158 valence electrons. The summed E-state index contributed by atoms with van der Waals surface area (Å²) in [4.78, 5) is 14.1. The molecule has 1 unspecified atom stereocenters. The van der Waals surface area contributed by atoms with Crippen molar-refractivity contribution in [1.29, 1.82) is 0 Å². The van der Waals surface area contributed by atoms with Gasteiger partial charge in [0.15, 0.2) is 17.3 Å². The van der Waals surface area contributed by atoms with Gasteiger partial charge in [-0.3, -0.25) is 4.57 Å². The number of hydrogen-bond acceptors (Lipinski definition) is 6. The van der Waals surface area contributed by atoms with E-state index in [0.717, 1.165) is 46.9 Å². The molecule has 3 N–H and O–H groups in total. The fourth-order valence-corrected chi connectivity index (χ4v) is 4.55. The third kappa shape index (κ3) is 2.88. The van der Waals surface area contributed by atoms with Crippen LogP contribution in [-0.2, 0) is 6.42 Å². The van der Waals surface area contributed by atoms with E-state index in [4.69, 9.17) is 15.7 Å². The molecule has 4 heterocycles. The Labute approximate surface area is 184 Å². The van der Waals surface area contributed by atoms with Crippen LogP contribution in [0.15, 0.2) is 67.1 Å². The third-order valence-corrected chi connectivity index (χ3v) is 6.12. The number of anilines is 1. The molecule has 0 fully saturated rings. The van der Waals surface area contributed by atoms with Gasteiger partial charge < -0.3 is 11.1 Å². The number of fused-ring (bicyclic) bond motifs is 2. The molecule has 0 saturated carbocycles. The van der Waals surface area contributed by atoms with E-state index >= 15 is 0 Å². The molecule has 0 aliphatic heterocycles. The number of benzene rings is 1. The number of nitrogens with two attached hydrogens (primary N) is 1. The van der Waals surface area contributed by atoms with Crippen LogP contribution in [0.2, 0.25) is 0 Å². The number of imidazole rings is 1. The highest BCUT2D eigenvalue weighted by Gasteiger charge is 2.23. The molecule has 0 saturated heterocycles. The van der Waals surface area contributed by atoms with E-state index in [1.807, 2.05) is 43.6 Å². The minimum atomic E-state index is 0.400. The molecule has 0 radical (unpaired) electrons. The van der Waals surface area contributed by atoms with Gasteiger partial charge in [0.05, 0.1) is 5.56 Å². The van der Waals surface area contributed by atoms with Crippen molar-refractivity contribution >= 4 is 17.0 Å². The smallest absolute Gasteiger partial charge is 0.167 e. The Morgan fingerprint density at radius 2 is 2.00 bits per heavy atom. The highest BCUT2D eigenvalue weighted by molar-refractivity contribution is 5.83. The maximum atomic E-state index is 6.25. The van der Waals surface area contributed by atoms with Gasteiger partial charge in [0.25, 0.3) is 0 Å². The SMILES string of the molecule is CNC1CCc2cc(-n3c(-c4cccnc4N)nc4ccc(-n5cccn5)nc43)ccc21. The van der Waals surface area contributed by atoms with Gasteiger partial charge in [-0.05, 0) is 73.5 Å². The standard InChI is InChI=1S/C24H22N8/c1-26-19-8-5-15-14-16(6-7-17(15)19)32-23(18-4-2-11-27-22(18)25)29-20-9-10-21(30-24(20)32)31-13-3-12-28-31/h2-4,6-7,9-14,19,26H,5,8H2,1H3,(H2,25,27). The zero-order chi connectivity index (χ0) is 21.7. The highest BCUT2D eigenvalue weighted by Crippen LogP contribution is 2.35. The number of nitrogen functional groups attached to an aromatic ring is 1. The van der Waals surface area contributed by atoms with Gasteiger partial charge in [-0.25, -0.2) is 19.6 Å². The molecule has 8 nitrogen and oxygen atoms in total. The van der Waals surface area contributed by atoms with Crippen LogP contribution < -0.4 is 11.1 Å². The van der Waals surface area contributed by atoms with Gasteiger partial charge in [0, 0.05) is 30.3 Å². The maximum Gasteiger partial charge on any atom is 0.167 e. The van der Waals surface area contributed by atoms with Gasteiger partial charge in [-0.15, -0.1) is 0 Å². The van der Waals surface area contributed by atoms with Gasteiger partial charge in [0.1, 0.15) is 11.3 Å². The summed E-state index contributed by atoms with van der Waals surface area (Å²) in [5, 5.41) is 7.73. The number of aromatic nitrogens is 6. The van der Waals surface area contributed by atoms with E-state index in [9.17, 15) is 0 Å². The summed E-state index contributed by atoms with van der Waals surface area (Å²) in [6, 6.07) is 16.6. The van der Waals surface area contributed by atoms with E-state index < -0.39 is 0 Å². The highest BCUT2D eigenvalue weighted by atomic mass is 15.3. The van der Waals surface area contributed by atoms with Crippen molar-refractivity contribution in [3.8, 4) is 22.9 Å². The van der Waals surface area contributed by atoms with Gasteiger partial charge in [-0.2, -0.15) is 5.10 Å². The largest absolute Gasteiger partial charge is 0.383 e. The molecule has 5 aromatic rings. The Balaban J connectivity index is 1.61. The predicted octanol–water partition coefficient (Wildman–Crippen LogP) is 3.46. The number of nitrogens with zero attached hydrogens (tertiary/aromatic N) is 6. The Kier molecular flexibility index (Phi) is 4.26. The average Bonchev–Trinajstić information content (AvgIpc) is 3.56. The minimum absolute atomic E-state index is 0.400. The first-order chi connectivity index (χ1) is 15.7. The lowest BCUT2D eigenvalue weighted by Crippen LogP contribution is -2.12. The number of aryl methyl sites for hydroxylation is 1. The van der Waals surface area contributed by atoms with Crippen molar-refractivity contribution in [3.05, 3.63) is 78.2 Å². The molecule has 0 bridgehead atoms.